The molecule has 33 heavy (non-hydrogen) atoms. The van der Waals surface area contributed by atoms with Crippen LogP contribution in [0.4, 0.5) is 0 Å². The lowest BCUT2D eigenvalue weighted by atomic mass is 10.0. The van der Waals surface area contributed by atoms with Crippen LogP contribution in [0.3, 0.4) is 0 Å². The number of phenols is 1. The molecule has 0 heterocycles. The number of phenolic OH excluding ortho intramolecular Hbond substituents is 1. The third-order valence-electron chi connectivity index (χ3n) is 4.33. The van der Waals surface area contributed by atoms with Crippen molar-refractivity contribution in [3.8, 4) is 17.2 Å². The minimum absolute atomic E-state index is 0.00795. The topological polar surface area (TPSA) is 159 Å². The van der Waals surface area contributed by atoms with Crippen LogP contribution >= 0.6 is 90.4 Å². The van der Waals surface area contributed by atoms with E-state index in [1.54, 1.807) is 24.3 Å². The SMILES string of the molecule is N[C@@H](CCC(=O)O)C(=O)N[C@@H](Cc1cc(I)c(Oc2cc(I)c(O)c(I)c2)c(I)c1)C(=O)O. The second kappa shape index (κ2) is 12.9. The summed E-state index contributed by atoms with van der Waals surface area (Å²) in [6.45, 7) is 0. The van der Waals surface area contributed by atoms with Crippen molar-refractivity contribution in [2.24, 2.45) is 5.73 Å². The Morgan fingerprint density at radius 3 is 2.00 bits per heavy atom. The highest BCUT2D eigenvalue weighted by molar-refractivity contribution is 14.1. The van der Waals surface area contributed by atoms with Crippen molar-refractivity contribution in [3.63, 3.8) is 0 Å². The first-order valence-electron chi connectivity index (χ1n) is 9.23. The zero-order chi connectivity index (χ0) is 24.9. The van der Waals surface area contributed by atoms with Crippen LogP contribution in [0, 0.1) is 14.3 Å². The number of amides is 1. The second-order valence-electron chi connectivity index (χ2n) is 6.87. The molecule has 0 spiro atoms. The molecule has 0 aliphatic carbocycles. The summed E-state index contributed by atoms with van der Waals surface area (Å²) in [4.78, 5) is 34.5. The van der Waals surface area contributed by atoms with Gasteiger partial charge in [0.2, 0.25) is 5.91 Å². The number of carboxylic acid groups (broad SMARTS) is 2. The lowest BCUT2D eigenvalue weighted by molar-refractivity contribution is -0.142. The van der Waals surface area contributed by atoms with E-state index < -0.39 is 29.9 Å². The molecule has 0 saturated heterocycles. The number of aliphatic carboxylic acids is 2. The molecule has 1 amide bonds. The fraction of sp³-hybridized carbons (Fsp3) is 0.250. The zero-order valence-electron chi connectivity index (χ0n) is 16.6. The lowest BCUT2D eigenvalue weighted by Crippen LogP contribution is -2.49. The maximum atomic E-state index is 12.2. The van der Waals surface area contributed by atoms with Crippen LogP contribution in [-0.2, 0) is 20.8 Å². The van der Waals surface area contributed by atoms with Gasteiger partial charge in [0.25, 0.3) is 0 Å². The van der Waals surface area contributed by atoms with Crippen LogP contribution in [-0.4, -0.2) is 45.2 Å². The minimum atomic E-state index is -1.23. The molecule has 6 N–H and O–H groups in total. The first kappa shape index (κ1) is 28.6. The van der Waals surface area contributed by atoms with E-state index >= 15 is 0 Å². The van der Waals surface area contributed by atoms with Crippen LogP contribution in [0.1, 0.15) is 18.4 Å². The number of ether oxygens (including phenoxy) is 1. The van der Waals surface area contributed by atoms with Gasteiger partial charge in [0.15, 0.2) is 5.75 Å². The summed E-state index contributed by atoms with van der Waals surface area (Å²) in [7, 11) is 0. The molecule has 0 aliphatic heterocycles. The molecule has 0 radical (unpaired) electrons. The average molecular weight is 906 g/mol. The zero-order valence-corrected chi connectivity index (χ0v) is 25.3. The van der Waals surface area contributed by atoms with Crippen molar-refractivity contribution in [3.05, 3.63) is 44.1 Å². The van der Waals surface area contributed by atoms with E-state index in [2.05, 4.69) is 50.5 Å². The molecule has 0 aromatic heterocycles. The van der Waals surface area contributed by atoms with Crippen molar-refractivity contribution < 1.29 is 34.4 Å². The van der Waals surface area contributed by atoms with E-state index in [4.69, 9.17) is 15.6 Å². The standard InChI is InChI=1S/C20H18I4N2O7/c21-10-6-9(7-11(22)17(10)29)33-18-12(23)3-8(4-13(18)24)5-15(20(31)32)26-19(30)14(25)1-2-16(27)28/h3-4,6-7,14-15,29H,1-2,5,25H2,(H,26,30)(H,27,28)(H,31,32)/t14-,15-/m0/s1. The third-order valence-corrected chi connectivity index (χ3v) is 7.58. The number of carboxylic acids is 2. The third kappa shape index (κ3) is 8.49. The highest BCUT2D eigenvalue weighted by Gasteiger charge is 2.25. The van der Waals surface area contributed by atoms with Gasteiger partial charge in [-0.1, -0.05) is 0 Å². The Hall–Kier alpha value is -0.670. The van der Waals surface area contributed by atoms with Crippen molar-refractivity contribution in [1.29, 1.82) is 0 Å². The Labute approximate surface area is 243 Å². The number of aromatic hydroxyl groups is 1. The highest BCUT2D eigenvalue weighted by Crippen LogP contribution is 2.37. The predicted octanol–water partition coefficient (Wildman–Crippen LogP) is 3.91. The number of nitrogens with one attached hydrogen (secondary N) is 1. The van der Waals surface area contributed by atoms with Gasteiger partial charge in [-0.15, -0.1) is 0 Å². The molecule has 0 unspecified atom stereocenters. The van der Waals surface area contributed by atoms with Crippen molar-refractivity contribution >= 4 is 108 Å². The van der Waals surface area contributed by atoms with Crippen LogP contribution in [0.5, 0.6) is 17.2 Å². The van der Waals surface area contributed by atoms with Crippen molar-refractivity contribution in [1.82, 2.24) is 5.32 Å². The maximum absolute atomic E-state index is 12.2. The molecular weight excluding hydrogens is 888 g/mol. The lowest BCUT2D eigenvalue weighted by Gasteiger charge is -2.19. The molecule has 13 heteroatoms. The Morgan fingerprint density at radius 1 is 0.970 bits per heavy atom. The van der Waals surface area contributed by atoms with Crippen LogP contribution in [0.2, 0.25) is 0 Å². The molecule has 0 fully saturated rings. The Balaban J connectivity index is 2.17. The summed E-state index contributed by atoms with van der Waals surface area (Å²) in [6, 6.07) is 4.60. The van der Waals surface area contributed by atoms with Gasteiger partial charge in [-0.25, -0.2) is 4.79 Å². The summed E-state index contributed by atoms with van der Waals surface area (Å²) in [5.41, 5.74) is 6.34. The molecule has 2 rings (SSSR count). The number of halogens is 4. The molecular formula is C20H18I4N2O7. The number of carbonyl (C=O) groups excluding carboxylic acids is 1. The van der Waals surface area contributed by atoms with E-state index in [1.807, 2.05) is 45.2 Å². The molecule has 2 atom stereocenters. The average Bonchev–Trinajstić information content (AvgIpc) is 2.72. The van der Waals surface area contributed by atoms with Crippen LogP contribution < -0.4 is 15.8 Å². The maximum Gasteiger partial charge on any atom is 0.326 e. The minimum Gasteiger partial charge on any atom is -0.506 e. The van der Waals surface area contributed by atoms with E-state index in [1.165, 1.54) is 0 Å². The number of rotatable bonds is 10. The number of benzene rings is 2. The molecule has 9 nitrogen and oxygen atoms in total. The monoisotopic (exact) mass is 906 g/mol. The van der Waals surface area contributed by atoms with E-state index in [0.29, 0.717) is 24.2 Å². The van der Waals surface area contributed by atoms with E-state index in [0.717, 1.165) is 7.14 Å². The van der Waals surface area contributed by atoms with Gasteiger partial charge in [-0.2, -0.15) is 0 Å². The Bertz CT molecular complexity index is 1030. The fourth-order valence-electron chi connectivity index (χ4n) is 2.67. The van der Waals surface area contributed by atoms with Gasteiger partial charge >= 0.3 is 11.9 Å². The number of hydrogen-bond donors (Lipinski definition) is 5. The van der Waals surface area contributed by atoms with Crippen LogP contribution in [0.25, 0.3) is 0 Å². The van der Waals surface area contributed by atoms with Crippen molar-refractivity contribution in [2.75, 3.05) is 0 Å². The predicted molar refractivity (Wildman–Crippen MR) is 154 cm³/mol. The van der Waals surface area contributed by atoms with Crippen molar-refractivity contribution in [2.45, 2.75) is 31.3 Å². The highest BCUT2D eigenvalue weighted by atomic mass is 127. The molecule has 0 saturated carbocycles. The molecule has 2 aromatic carbocycles. The smallest absolute Gasteiger partial charge is 0.326 e. The molecule has 178 valence electrons. The summed E-state index contributed by atoms with van der Waals surface area (Å²) >= 11 is 8.20. The number of nitrogens with two attached hydrogens (primary N) is 1. The van der Waals surface area contributed by atoms with E-state index in [9.17, 15) is 24.6 Å². The first-order chi connectivity index (χ1) is 15.4. The largest absolute Gasteiger partial charge is 0.506 e. The number of hydrogen-bond acceptors (Lipinski definition) is 6. The second-order valence-corrected chi connectivity index (χ2v) is 11.5. The van der Waals surface area contributed by atoms with Gasteiger partial charge in [-0.3, -0.25) is 9.59 Å². The summed E-state index contributed by atoms with van der Waals surface area (Å²) < 4.78 is 8.80. The van der Waals surface area contributed by atoms with Gasteiger partial charge < -0.3 is 31.1 Å². The summed E-state index contributed by atoms with van der Waals surface area (Å²) in [5.74, 6) is -1.71. The van der Waals surface area contributed by atoms with E-state index in [-0.39, 0.29) is 25.0 Å². The molecule has 0 aliphatic rings. The van der Waals surface area contributed by atoms with Gasteiger partial charge in [-0.05, 0) is 127 Å². The normalized spacial score (nSPS) is 12.6. The summed E-state index contributed by atoms with van der Waals surface area (Å²) in [5, 5.41) is 30.6. The first-order valence-corrected chi connectivity index (χ1v) is 13.5. The molecule has 2 aromatic rings. The van der Waals surface area contributed by atoms with Gasteiger partial charge in [0.1, 0.15) is 17.5 Å². The quantitative estimate of drug-likeness (QED) is 0.225. The Morgan fingerprint density at radius 2 is 1.52 bits per heavy atom. The van der Waals surface area contributed by atoms with Gasteiger partial charge in [0.05, 0.1) is 20.3 Å². The Kier molecular flexibility index (Phi) is 11.1. The fourth-order valence-corrected chi connectivity index (χ4v) is 6.50. The number of carbonyl (C=O) groups is 3. The summed E-state index contributed by atoms with van der Waals surface area (Å²) in [6.07, 6.45) is -0.373. The van der Waals surface area contributed by atoms with Gasteiger partial charge in [0, 0.05) is 12.8 Å². The molecule has 0 bridgehead atoms. The van der Waals surface area contributed by atoms with Crippen LogP contribution in [0.15, 0.2) is 24.3 Å².